The smallest absolute Gasteiger partial charge is 0.248 e. The van der Waals surface area contributed by atoms with Crippen molar-refractivity contribution in [2.75, 3.05) is 13.1 Å². The maximum atomic E-state index is 12.9. The first-order chi connectivity index (χ1) is 11.1. The zero-order chi connectivity index (χ0) is 16.4. The van der Waals surface area contributed by atoms with E-state index in [0.29, 0.717) is 23.7 Å². The van der Waals surface area contributed by atoms with E-state index in [9.17, 15) is 9.59 Å². The van der Waals surface area contributed by atoms with Crippen LogP contribution in [-0.2, 0) is 9.59 Å². The van der Waals surface area contributed by atoms with Crippen molar-refractivity contribution in [3.8, 4) is 0 Å². The van der Waals surface area contributed by atoms with Crippen molar-refractivity contribution in [2.24, 2.45) is 0 Å². The van der Waals surface area contributed by atoms with Crippen molar-refractivity contribution in [1.29, 1.82) is 0 Å². The Bertz CT molecular complexity index is 718. The van der Waals surface area contributed by atoms with Crippen LogP contribution in [0.2, 0.25) is 5.02 Å². The molecule has 3 rings (SSSR count). The molecule has 0 saturated carbocycles. The van der Waals surface area contributed by atoms with E-state index in [1.165, 1.54) is 17.3 Å². The number of piperazine rings is 1. The van der Waals surface area contributed by atoms with E-state index in [1.54, 1.807) is 36.1 Å². The lowest BCUT2D eigenvalue weighted by Gasteiger charge is -2.37. The van der Waals surface area contributed by atoms with Gasteiger partial charge in [0.25, 0.3) is 0 Å². The summed E-state index contributed by atoms with van der Waals surface area (Å²) in [6.07, 6.45) is 2.86. The third kappa shape index (κ3) is 2.92. The largest absolute Gasteiger partial charge is 0.352 e. The fourth-order valence-electron chi connectivity index (χ4n) is 2.68. The average Bonchev–Trinajstić information content (AvgIpc) is 3.08. The highest BCUT2D eigenvalue weighted by atomic mass is 35.5. The molecule has 0 radical (unpaired) electrons. The van der Waals surface area contributed by atoms with Gasteiger partial charge in [0.1, 0.15) is 24.7 Å². The summed E-state index contributed by atoms with van der Waals surface area (Å²) >= 11 is 6.23. The Hall–Kier alpha value is -2.41. The Balaban J connectivity index is 1.94. The van der Waals surface area contributed by atoms with Crippen LogP contribution in [0, 0.1) is 0 Å². The molecule has 0 unspecified atom stereocenters. The number of amides is 2. The molecule has 8 heteroatoms. The molecule has 2 amide bonds. The van der Waals surface area contributed by atoms with Crippen LogP contribution in [0.25, 0.3) is 0 Å². The third-order valence-corrected chi connectivity index (χ3v) is 4.23. The quantitative estimate of drug-likeness (QED) is 0.915. The Morgan fingerprint density at radius 2 is 2.22 bits per heavy atom. The highest BCUT2D eigenvalue weighted by Gasteiger charge is 2.37. The molecule has 1 aromatic carbocycles. The van der Waals surface area contributed by atoms with E-state index < -0.39 is 12.1 Å². The molecule has 1 N–H and O–H groups in total. The Kier molecular flexibility index (Phi) is 4.29. The van der Waals surface area contributed by atoms with Gasteiger partial charge >= 0.3 is 0 Å². The summed E-state index contributed by atoms with van der Waals surface area (Å²) in [5, 5.41) is 7.25. The highest BCUT2D eigenvalue weighted by Crippen LogP contribution is 2.30. The van der Waals surface area contributed by atoms with Crippen LogP contribution in [0.4, 0.5) is 0 Å². The lowest BCUT2D eigenvalue weighted by atomic mass is 10.0. The second kappa shape index (κ2) is 6.37. The molecule has 2 atom stereocenters. The molecule has 0 spiro atoms. The molecule has 23 heavy (non-hydrogen) atoms. The zero-order valence-electron chi connectivity index (χ0n) is 12.5. The Morgan fingerprint density at radius 1 is 1.43 bits per heavy atom. The van der Waals surface area contributed by atoms with Gasteiger partial charge in [-0.05, 0) is 13.0 Å². The van der Waals surface area contributed by atoms with E-state index in [0.717, 1.165) is 0 Å². The minimum atomic E-state index is -0.740. The second-order valence-electron chi connectivity index (χ2n) is 5.30. The van der Waals surface area contributed by atoms with Crippen LogP contribution in [0.15, 0.2) is 36.9 Å². The van der Waals surface area contributed by atoms with Gasteiger partial charge in [0.2, 0.25) is 11.8 Å². The van der Waals surface area contributed by atoms with E-state index in [-0.39, 0.29) is 11.8 Å². The standard InChI is InChI=1S/C15H16ClN5O2/c1-10(21-9-17-8-19-21)15(23)20-7-6-18-14(22)13(20)11-4-2-3-5-12(11)16/h2-5,8-10,13H,6-7H2,1H3,(H,18,22)/t10-,13+/m0/s1. The van der Waals surface area contributed by atoms with Crippen molar-refractivity contribution in [2.45, 2.75) is 19.0 Å². The van der Waals surface area contributed by atoms with Gasteiger partial charge in [-0.25, -0.2) is 9.67 Å². The van der Waals surface area contributed by atoms with Crippen LogP contribution in [0.3, 0.4) is 0 Å². The predicted octanol–water partition coefficient (Wildman–Crippen LogP) is 1.19. The van der Waals surface area contributed by atoms with Gasteiger partial charge in [0.05, 0.1) is 0 Å². The molecule has 1 saturated heterocycles. The number of nitrogens with zero attached hydrogens (tertiary/aromatic N) is 4. The topological polar surface area (TPSA) is 80.1 Å². The number of carbonyl (C=O) groups is 2. The molecular formula is C15H16ClN5O2. The van der Waals surface area contributed by atoms with Crippen LogP contribution < -0.4 is 5.32 Å². The molecule has 0 bridgehead atoms. The molecule has 7 nitrogen and oxygen atoms in total. The van der Waals surface area contributed by atoms with Gasteiger partial charge in [-0.15, -0.1) is 0 Å². The first-order valence-electron chi connectivity index (χ1n) is 7.26. The fraction of sp³-hybridized carbons (Fsp3) is 0.333. The van der Waals surface area contributed by atoms with Crippen molar-refractivity contribution in [1.82, 2.24) is 25.0 Å². The number of aromatic nitrogens is 3. The summed E-state index contributed by atoms with van der Waals surface area (Å²) < 4.78 is 1.47. The molecule has 1 aliphatic heterocycles. The number of halogens is 1. The van der Waals surface area contributed by atoms with E-state index in [2.05, 4.69) is 15.4 Å². The van der Waals surface area contributed by atoms with Gasteiger partial charge in [0, 0.05) is 23.7 Å². The summed E-state index contributed by atoms with van der Waals surface area (Å²) in [4.78, 5) is 30.6. The van der Waals surface area contributed by atoms with Crippen molar-refractivity contribution in [3.63, 3.8) is 0 Å². The van der Waals surface area contributed by atoms with E-state index in [1.807, 2.05) is 0 Å². The molecule has 2 heterocycles. The average molecular weight is 334 g/mol. The third-order valence-electron chi connectivity index (χ3n) is 3.89. The van der Waals surface area contributed by atoms with E-state index in [4.69, 9.17) is 11.6 Å². The first kappa shape index (κ1) is 15.5. The summed E-state index contributed by atoms with van der Waals surface area (Å²) in [5.74, 6) is -0.432. The SMILES string of the molecule is C[C@@H](C(=O)N1CCNC(=O)[C@H]1c1ccccc1Cl)n1cncn1. The Labute approximate surface area is 138 Å². The summed E-state index contributed by atoms with van der Waals surface area (Å²) in [7, 11) is 0. The number of carbonyl (C=O) groups excluding carboxylic acids is 2. The number of hydrogen-bond acceptors (Lipinski definition) is 4. The van der Waals surface area contributed by atoms with Crippen LogP contribution >= 0.6 is 11.6 Å². The Morgan fingerprint density at radius 3 is 2.91 bits per heavy atom. The van der Waals surface area contributed by atoms with Crippen LogP contribution in [0.5, 0.6) is 0 Å². The monoisotopic (exact) mass is 333 g/mol. The number of rotatable bonds is 3. The molecule has 120 valence electrons. The lowest BCUT2D eigenvalue weighted by molar-refractivity contribution is -0.145. The fourth-order valence-corrected chi connectivity index (χ4v) is 2.92. The zero-order valence-corrected chi connectivity index (χ0v) is 13.3. The van der Waals surface area contributed by atoms with Crippen molar-refractivity contribution in [3.05, 3.63) is 47.5 Å². The number of hydrogen-bond donors (Lipinski definition) is 1. The van der Waals surface area contributed by atoms with Crippen LogP contribution in [-0.4, -0.2) is 44.6 Å². The van der Waals surface area contributed by atoms with Crippen molar-refractivity contribution >= 4 is 23.4 Å². The molecule has 0 aliphatic carbocycles. The van der Waals surface area contributed by atoms with Gasteiger partial charge in [-0.1, -0.05) is 29.8 Å². The van der Waals surface area contributed by atoms with E-state index >= 15 is 0 Å². The predicted molar refractivity (Wildman–Crippen MR) is 83.6 cm³/mol. The molecule has 1 aliphatic rings. The van der Waals surface area contributed by atoms with Gasteiger partial charge < -0.3 is 10.2 Å². The minimum Gasteiger partial charge on any atom is -0.352 e. The van der Waals surface area contributed by atoms with Gasteiger partial charge in [-0.3, -0.25) is 9.59 Å². The van der Waals surface area contributed by atoms with Crippen molar-refractivity contribution < 1.29 is 9.59 Å². The van der Waals surface area contributed by atoms with Gasteiger partial charge in [0.15, 0.2) is 0 Å². The maximum absolute atomic E-state index is 12.9. The molecule has 1 aromatic heterocycles. The maximum Gasteiger partial charge on any atom is 0.248 e. The molecular weight excluding hydrogens is 318 g/mol. The normalized spacial score (nSPS) is 19.3. The summed E-state index contributed by atoms with van der Waals surface area (Å²) in [6.45, 7) is 2.56. The second-order valence-corrected chi connectivity index (χ2v) is 5.71. The number of benzene rings is 1. The number of nitrogens with one attached hydrogen (secondary N) is 1. The molecule has 1 fully saturated rings. The summed E-state index contributed by atoms with van der Waals surface area (Å²) in [6, 6.07) is 5.77. The van der Waals surface area contributed by atoms with Crippen LogP contribution in [0.1, 0.15) is 24.6 Å². The van der Waals surface area contributed by atoms with Gasteiger partial charge in [-0.2, -0.15) is 5.10 Å². The lowest BCUT2D eigenvalue weighted by Crippen LogP contribution is -2.53. The highest BCUT2D eigenvalue weighted by molar-refractivity contribution is 6.31. The molecule has 2 aromatic rings. The minimum absolute atomic E-state index is 0.199. The first-order valence-corrected chi connectivity index (χ1v) is 7.64. The summed E-state index contributed by atoms with van der Waals surface area (Å²) in [5.41, 5.74) is 0.616.